The van der Waals surface area contributed by atoms with Crippen LogP contribution in [0.15, 0.2) is 0 Å². The van der Waals surface area contributed by atoms with E-state index in [1.165, 1.54) is 25.7 Å². The Kier molecular flexibility index (Phi) is 10.2. The zero-order chi connectivity index (χ0) is 11.5. The molecule has 0 aromatic rings. The third-order valence-corrected chi connectivity index (χ3v) is 2.84. The first kappa shape index (κ1) is 14.8. The van der Waals surface area contributed by atoms with E-state index in [2.05, 4.69) is 19.6 Å². The summed E-state index contributed by atoms with van der Waals surface area (Å²) in [7, 11) is 0. The summed E-state index contributed by atoms with van der Waals surface area (Å²) in [5.74, 6) is 0.523. The van der Waals surface area contributed by atoms with Crippen LogP contribution >= 0.6 is 12.6 Å². The van der Waals surface area contributed by atoms with Crippen molar-refractivity contribution in [1.82, 2.24) is 0 Å². The van der Waals surface area contributed by atoms with E-state index >= 15 is 0 Å². The predicted octanol–water partition coefficient (Wildman–Crippen LogP) is 3.60. The van der Waals surface area contributed by atoms with Gasteiger partial charge in [-0.1, -0.05) is 39.0 Å². The predicted molar refractivity (Wildman–Crippen MR) is 67.4 cm³/mol. The molecule has 0 radical (unpaired) electrons. The van der Waals surface area contributed by atoms with E-state index in [1.807, 2.05) is 6.92 Å². The van der Waals surface area contributed by atoms with Crippen LogP contribution in [0.5, 0.6) is 0 Å². The van der Waals surface area contributed by atoms with Crippen molar-refractivity contribution >= 4 is 18.6 Å². The van der Waals surface area contributed by atoms with Gasteiger partial charge in [0.2, 0.25) is 0 Å². The molecule has 3 heteroatoms. The number of ether oxygens (including phenoxy) is 1. The van der Waals surface area contributed by atoms with E-state index < -0.39 is 0 Å². The lowest BCUT2D eigenvalue weighted by molar-refractivity contribution is -0.147. The van der Waals surface area contributed by atoms with E-state index in [1.54, 1.807) is 0 Å². The minimum absolute atomic E-state index is 0.0547. The van der Waals surface area contributed by atoms with Crippen molar-refractivity contribution in [2.45, 2.75) is 64.9 Å². The molecule has 0 spiro atoms. The lowest BCUT2D eigenvalue weighted by atomic mass is 10.1. The van der Waals surface area contributed by atoms with Gasteiger partial charge in [0.05, 0.1) is 0 Å². The Balaban J connectivity index is 3.24. The second-order valence-electron chi connectivity index (χ2n) is 4.00. The Hall–Kier alpha value is -0.180. The normalized spacial score (nSPS) is 12.5. The van der Waals surface area contributed by atoms with Crippen LogP contribution < -0.4 is 0 Å². The van der Waals surface area contributed by atoms with Crippen molar-refractivity contribution in [3.63, 3.8) is 0 Å². The highest BCUT2D eigenvalue weighted by atomic mass is 32.1. The molecule has 0 saturated carbocycles. The van der Waals surface area contributed by atoms with Gasteiger partial charge in [-0.15, -0.1) is 0 Å². The molecule has 0 amide bonds. The Morgan fingerprint density at radius 1 is 1.20 bits per heavy atom. The third kappa shape index (κ3) is 10.1. The van der Waals surface area contributed by atoms with Gasteiger partial charge in [-0.25, -0.2) is 0 Å². The number of esters is 1. The average molecular weight is 232 g/mol. The second-order valence-corrected chi connectivity index (χ2v) is 4.37. The number of hydrogen-bond donors (Lipinski definition) is 1. The zero-order valence-electron chi connectivity index (χ0n) is 10.00. The maximum atomic E-state index is 11.2. The number of hydrogen-bond acceptors (Lipinski definition) is 3. The first-order valence-electron chi connectivity index (χ1n) is 6.01. The van der Waals surface area contributed by atoms with E-state index in [0.29, 0.717) is 12.2 Å². The summed E-state index contributed by atoms with van der Waals surface area (Å²) in [5.41, 5.74) is 0. The lowest BCUT2D eigenvalue weighted by Crippen LogP contribution is -2.15. The molecular formula is C12H24O2S. The standard InChI is InChI=1S/C12H24O2S/c1-3-4-5-6-7-8-9-12(13)14-11(2)10-15/h11,15H,3-10H2,1-2H3. The van der Waals surface area contributed by atoms with Gasteiger partial charge >= 0.3 is 5.97 Å². The van der Waals surface area contributed by atoms with Gasteiger partial charge in [0.15, 0.2) is 0 Å². The first-order chi connectivity index (χ1) is 7.20. The molecule has 0 aromatic heterocycles. The Morgan fingerprint density at radius 3 is 2.40 bits per heavy atom. The van der Waals surface area contributed by atoms with Crippen molar-refractivity contribution in [3.05, 3.63) is 0 Å². The summed E-state index contributed by atoms with van der Waals surface area (Å²) in [6.07, 6.45) is 7.71. The molecule has 0 saturated heterocycles. The molecule has 0 aliphatic heterocycles. The largest absolute Gasteiger partial charge is 0.462 e. The summed E-state index contributed by atoms with van der Waals surface area (Å²) in [4.78, 5) is 11.2. The Bertz CT molecular complexity index is 160. The second kappa shape index (κ2) is 10.3. The number of thiol groups is 1. The fourth-order valence-electron chi connectivity index (χ4n) is 1.37. The highest BCUT2D eigenvalue weighted by molar-refractivity contribution is 7.80. The van der Waals surface area contributed by atoms with Gasteiger partial charge in [0, 0.05) is 12.2 Å². The summed E-state index contributed by atoms with van der Waals surface area (Å²) < 4.78 is 5.11. The van der Waals surface area contributed by atoms with Crippen LogP contribution in [-0.4, -0.2) is 17.8 Å². The maximum absolute atomic E-state index is 11.2. The van der Waals surface area contributed by atoms with Crippen LogP contribution in [0.4, 0.5) is 0 Å². The number of carbonyl (C=O) groups excluding carboxylic acids is 1. The van der Waals surface area contributed by atoms with Gasteiger partial charge in [-0.3, -0.25) is 4.79 Å². The molecule has 0 aliphatic carbocycles. The average Bonchev–Trinajstić information content (AvgIpc) is 2.23. The summed E-state index contributed by atoms with van der Waals surface area (Å²) in [6.45, 7) is 4.07. The molecule has 0 rings (SSSR count). The molecule has 0 heterocycles. The number of rotatable bonds is 9. The van der Waals surface area contributed by atoms with Crippen LogP contribution in [0.1, 0.15) is 58.8 Å². The van der Waals surface area contributed by atoms with Crippen molar-refractivity contribution in [3.8, 4) is 0 Å². The summed E-state index contributed by atoms with van der Waals surface area (Å²) in [6, 6.07) is 0. The summed E-state index contributed by atoms with van der Waals surface area (Å²) >= 11 is 4.06. The minimum Gasteiger partial charge on any atom is -0.462 e. The SMILES string of the molecule is CCCCCCCCC(=O)OC(C)CS. The Morgan fingerprint density at radius 2 is 1.80 bits per heavy atom. The van der Waals surface area contributed by atoms with E-state index in [0.717, 1.165) is 12.8 Å². The molecule has 15 heavy (non-hydrogen) atoms. The molecule has 0 aliphatic rings. The molecule has 0 aromatic carbocycles. The third-order valence-electron chi connectivity index (χ3n) is 2.32. The van der Waals surface area contributed by atoms with Crippen molar-refractivity contribution in [1.29, 1.82) is 0 Å². The minimum atomic E-state index is -0.0768. The van der Waals surface area contributed by atoms with E-state index in [9.17, 15) is 4.79 Å². The van der Waals surface area contributed by atoms with Crippen LogP contribution in [-0.2, 0) is 9.53 Å². The lowest BCUT2D eigenvalue weighted by Gasteiger charge is -2.09. The Labute approximate surface area is 99.2 Å². The van der Waals surface area contributed by atoms with Crippen LogP contribution in [0.3, 0.4) is 0 Å². The number of carbonyl (C=O) groups is 1. The van der Waals surface area contributed by atoms with E-state index in [-0.39, 0.29) is 12.1 Å². The summed E-state index contributed by atoms with van der Waals surface area (Å²) in [5, 5.41) is 0. The first-order valence-corrected chi connectivity index (χ1v) is 6.64. The molecule has 0 N–H and O–H groups in total. The van der Waals surface area contributed by atoms with Gasteiger partial charge < -0.3 is 4.74 Å². The van der Waals surface area contributed by atoms with Gasteiger partial charge in [-0.2, -0.15) is 12.6 Å². The highest BCUT2D eigenvalue weighted by Crippen LogP contribution is 2.08. The molecule has 0 fully saturated rings. The fourth-order valence-corrected chi connectivity index (χ4v) is 1.44. The molecule has 2 nitrogen and oxygen atoms in total. The fraction of sp³-hybridized carbons (Fsp3) is 0.917. The number of unbranched alkanes of at least 4 members (excludes halogenated alkanes) is 5. The van der Waals surface area contributed by atoms with Crippen LogP contribution in [0.25, 0.3) is 0 Å². The van der Waals surface area contributed by atoms with Gasteiger partial charge in [0.1, 0.15) is 6.10 Å². The van der Waals surface area contributed by atoms with Gasteiger partial charge in [0.25, 0.3) is 0 Å². The van der Waals surface area contributed by atoms with E-state index in [4.69, 9.17) is 4.74 Å². The van der Waals surface area contributed by atoms with Crippen molar-refractivity contribution < 1.29 is 9.53 Å². The van der Waals surface area contributed by atoms with Crippen molar-refractivity contribution in [2.24, 2.45) is 0 Å². The highest BCUT2D eigenvalue weighted by Gasteiger charge is 2.06. The molecule has 1 atom stereocenters. The topological polar surface area (TPSA) is 26.3 Å². The quantitative estimate of drug-likeness (QED) is 0.373. The zero-order valence-corrected chi connectivity index (χ0v) is 10.9. The van der Waals surface area contributed by atoms with Crippen LogP contribution in [0.2, 0.25) is 0 Å². The van der Waals surface area contributed by atoms with Crippen molar-refractivity contribution in [2.75, 3.05) is 5.75 Å². The smallest absolute Gasteiger partial charge is 0.306 e. The molecule has 90 valence electrons. The maximum Gasteiger partial charge on any atom is 0.306 e. The van der Waals surface area contributed by atoms with Gasteiger partial charge in [-0.05, 0) is 13.3 Å². The monoisotopic (exact) mass is 232 g/mol. The molecule has 0 bridgehead atoms. The molecule has 1 unspecified atom stereocenters. The van der Waals surface area contributed by atoms with Crippen LogP contribution in [0, 0.1) is 0 Å². The molecular weight excluding hydrogens is 208 g/mol.